The number of ether oxygens (including phenoxy) is 1. The van der Waals surface area contributed by atoms with Crippen LogP contribution in [0.2, 0.25) is 0 Å². The Labute approximate surface area is 114 Å². The molecule has 0 aliphatic heterocycles. The van der Waals surface area contributed by atoms with E-state index in [1.54, 1.807) is 9.80 Å². The first-order chi connectivity index (χ1) is 8.90. The molecule has 0 aliphatic rings. The van der Waals surface area contributed by atoms with Gasteiger partial charge in [-0.1, -0.05) is 0 Å². The molecule has 1 heterocycles. The Kier molecular flexibility index (Phi) is 5.09. The summed E-state index contributed by atoms with van der Waals surface area (Å²) in [6.07, 6.45) is -0.379. The van der Waals surface area contributed by atoms with E-state index in [1.807, 2.05) is 41.8 Å². The van der Waals surface area contributed by atoms with E-state index in [0.29, 0.717) is 24.9 Å². The van der Waals surface area contributed by atoms with Crippen LogP contribution >= 0.6 is 0 Å². The van der Waals surface area contributed by atoms with Crippen LogP contribution < -0.4 is 9.64 Å². The van der Waals surface area contributed by atoms with E-state index in [9.17, 15) is 4.79 Å². The number of carbonyl (C=O) groups excluding carboxylic acids is 1. The highest BCUT2D eigenvalue weighted by atomic mass is 16.6. The molecule has 0 aliphatic carbocycles. The molecule has 1 amide bonds. The molecular weight excluding hydrogens is 244 g/mol. The van der Waals surface area contributed by atoms with Crippen LogP contribution in [0.3, 0.4) is 0 Å². The molecule has 0 aromatic carbocycles. The topological polar surface area (TPSA) is 58.6 Å². The Balaban J connectivity index is 3.03. The van der Waals surface area contributed by atoms with Crippen molar-refractivity contribution in [3.05, 3.63) is 11.3 Å². The zero-order chi connectivity index (χ0) is 14.6. The Bertz CT molecular complexity index is 456. The lowest BCUT2D eigenvalue weighted by Crippen LogP contribution is -2.33. The van der Waals surface area contributed by atoms with E-state index in [4.69, 9.17) is 4.74 Å². The zero-order valence-corrected chi connectivity index (χ0v) is 12.5. The Morgan fingerprint density at radius 3 is 2.21 bits per heavy atom. The summed E-state index contributed by atoms with van der Waals surface area (Å²) < 4.78 is 5.37. The van der Waals surface area contributed by atoms with Crippen LogP contribution in [0.5, 0.6) is 5.88 Å². The third-order valence-corrected chi connectivity index (χ3v) is 2.94. The van der Waals surface area contributed by atoms with E-state index in [1.165, 1.54) is 0 Å². The summed E-state index contributed by atoms with van der Waals surface area (Å²) in [5, 5.41) is 0. The highest BCUT2D eigenvalue weighted by Gasteiger charge is 2.17. The smallest absolute Gasteiger partial charge is 0.391 e. The largest absolute Gasteiger partial charge is 0.416 e. The predicted octanol–water partition coefficient (Wildman–Crippen LogP) is 2.00. The summed E-state index contributed by atoms with van der Waals surface area (Å²) in [6.45, 7) is 8.76. The number of hydrogen-bond donors (Lipinski definition) is 0. The molecule has 1 aromatic heterocycles. The summed E-state index contributed by atoms with van der Waals surface area (Å²) in [6, 6.07) is 0. The van der Waals surface area contributed by atoms with Crippen LogP contribution in [-0.2, 0) is 0 Å². The average molecular weight is 266 g/mol. The number of rotatable bonds is 4. The molecule has 0 saturated carbocycles. The van der Waals surface area contributed by atoms with Crippen molar-refractivity contribution in [1.29, 1.82) is 0 Å². The molecule has 19 heavy (non-hydrogen) atoms. The average Bonchev–Trinajstić information content (AvgIpc) is 2.35. The van der Waals surface area contributed by atoms with Crippen LogP contribution in [0.4, 0.5) is 10.7 Å². The van der Waals surface area contributed by atoms with Gasteiger partial charge in [0.25, 0.3) is 0 Å². The molecular formula is C13H22N4O2. The SMILES string of the molecule is CCN(CC)C(=O)Oc1nc(N(C)C)nc(C)c1C. The van der Waals surface area contributed by atoms with Crippen LogP contribution in [-0.4, -0.2) is 48.1 Å². The number of hydrogen-bond acceptors (Lipinski definition) is 5. The number of aromatic nitrogens is 2. The van der Waals surface area contributed by atoms with Crippen molar-refractivity contribution < 1.29 is 9.53 Å². The molecule has 6 nitrogen and oxygen atoms in total. The summed E-state index contributed by atoms with van der Waals surface area (Å²) >= 11 is 0. The highest BCUT2D eigenvalue weighted by molar-refractivity contribution is 5.70. The van der Waals surface area contributed by atoms with Crippen molar-refractivity contribution >= 4 is 12.0 Å². The van der Waals surface area contributed by atoms with Gasteiger partial charge in [-0.3, -0.25) is 0 Å². The van der Waals surface area contributed by atoms with Crippen LogP contribution in [0.15, 0.2) is 0 Å². The van der Waals surface area contributed by atoms with Gasteiger partial charge in [0, 0.05) is 38.4 Å². The standard InChI is InChI=1S/C13H22N4O2/c1-7-17(8-2)13(18)19-11-9(3)10(4)14-12(15-11)16(5)6/h7-8H2,1-6H3. The second kappa shape index (κ2) is 6.36. The predicted molar refractivity (Wildman–Crippen MR) is 74.8 cm³/mol. The maximum atomic E-state index is 11.9. The van der Waals surface area contributed by atoms with E-state index in [2.05, 4.69) is 9.97 Å². The van der Waals surface area contributed by atoms with E-state index in [0.717, 1.165) is 11.3 Å². The van der Waals surface area contributed by atoms with Gasteiger partial charge in [-0.15, -0.1) is 0 Å². The lowest BCUT2D eigenvalue weighted by atomic mass is 10.2. The third-order valence-electron chi connectivity index (χ3n) is 2.94. The van der Waals surface area contributed by atoms with Crippen LogP contribution in [0.1, 0.15) is 25.1 Å². The number of amides is 1. The molecule has 0 bridgehead atoms. The van der Waals surface area contributed by atoms with Gasteiger partial charge in [0.2, 0.25) is 11.8 Å². The molecule has 0 radical (unpaired) electrons. The molecule has 106 valence electrons. The first-order valence-corrected chi connectivity index (χ1v) is 6.40. The lowest BCUT2D eigenvalue weighted by Gasteiger charge is -2.19. The van der Waals surface area contributed by atoms with Gasteiger partial charge < -0.3 is 14.5 Å². The van der Waals surface area contributed by atoms with Gasteiger partial charge in [0.05, 0.1) is 0 Å². The summed E-state index contributed by atoms with van der Waals surface area (Å²) in [7, 11) is 3.69. The summed E-state index contributed by atoms with van der Waals surface area (Å²) in [4.78, 5) is 23.9. The minimum atomic E-state index is -0.379. The Morgan fingerprint density at radius 1 is 1.16 bits per heavy atom. The monoisotopic (exact) mass is 266 g/mol. The maximum absolute atomic E-state index is 11.9. The van der Waals surface area contributed by atoms with E-state index < -0.39 is 0 Å². The number of anilines is 1. The molecule has 1 rings (SSSR count). The molecule has 0 N–H and O–H groups in total. The first kappa shape index (κ1) is 15.2. The maximum Gasteiger partial charge on any atom is 0.416 e. The van der Waals surface area contributed by atoms with Crippen molar-refractivity contribution in [3.63, 3.8) is 0 Å². The minimum absolute atomic E-state index is 0.327. The Hall–Kier alpha value is -1.85. The molecule has 0 fully saturated rings. The van der Waals surface area contributed by atoms with Gasteiger partial charge in [0.1, 0.15) is 0 Å². The molecule has 0 atom stereocenters. The van der Waals surface area contributed by atoms with E-state index >= 15 is 0 Å². The van der Waals surface area contributed by atoms with Gasteiger partial charge >= 0.3 is 6.09 Å². The van der Waals surface area contributed by atoms with Crippen molar-refractivity contribution in [2.24, 2.45) is 0 Å². The van der Waals surface area contributed by atoms with Crippen molar-refractivity contribution in [2.45, 2.75) is 27.7 Å². The van der Waals surface area contributed by atoms with Gasteiger partial charge in [-0.05, 0) is 27.7 Å². The molecule has 0 saturated heterocycles. The number of carbonyl (C=O) groups is 1. The second-order valence-corrected chi connectivity index (χ2v) is 4.47. The highest BCUT2D eigenvalue weighted by Crippen LogP contribution is 2.21. The summed E-state index contributed by atoms with van der Waals surface area (Å²) in [5.41, 5.74) is 1.59. The lowest BCUT2D eigenvalue weighted by molar-refractivity contribution is 0.155. The fraction of sp³-hybridized carbons (Fsp3) is 0.615. The fourth-order valence-corrected chi connectivity index (χ4v) is 1.52. The van der Waals surface area contributed by atoms with Crippen molar-refractivity contribution in [3.8, 4) is 5.88 Å². The minimum Gasteiger partial charge on any atom is -0.391 e. The number of nitrogens with zero attached hydrogens (tertiary/aromatic N) is 4. The third kappa shape index (κ3) is 3.56. The van der Waals surface area contributed by atoms with Crippen LogP contribution in [0.25, 0.3) is 0 Å². The van der Waals surface area contributed by atoms with Crippen molar-refractivity contribution in [2.75, 3.05) is 32.1 Å². The zero-order valence-electron chi connectivity index (χ0n) is 12.5. The quantitative estimate of drug-likeness (QED) is 0.834. The molecule has 0 unspecified atom stereocenters. The number of aryl methyl sites for hydroxylation is 1. The Morgan fingerprint density at radius 2 is 1.74 bits per heavy atom. The first-order valence-electron chi connectivity index (χ1n) is 6.40. The van der Waals surface area contributed by atoms with Gasteiger partial charge in [-0.25, -0.2) is 9.78 Å². The van der Waals surface area contributed by atoms with Crippen LogP contribution in [0, 0.1) is 13.8 Å². The summed E-state index contributed by atoms with van der Waals surface area (Å²) in [5.74, 6) is 0.860. The molecule has 0 spiro atoms. The molecule has 6 heteroatoms. The normalized spacial score (nSPS) is 10.2. The van der Waals surface area contributed by atoms with Gasteiger partial charge in [0.15, 0.2) is 0 Å². The molecule has 1 aromatic rings. The van der Waals surface area contributed by atoms with Gasteiger partial charge in [-0.2, -0.15) is 4.98 Å². The van der Waals surface area contributed by atoms with E-state index in [-0.39, 0.29) is 6.09 Å². The second-order valence-electron chi connectivity index (χ2n) is 4.47. The van der Waals surface area contributed by atoms with Crippen molar-refractivity contribution in [1.82, 2.24) is 14.9 Å². The fourth-order valence-electron chi connectivity index (χ4n) is 1.52.